The third kappa shape index (κ3) is 2.97. The second-order valence-electron chi connectivity index (χ2n) is 4.97. The normalized spacial score (nSPS) is 13.0. The maximum atomic E-state index is 5.20. The number of aromatic nitrogens is 2. The number of methoxy groups -OCH3 is 1. The van der Waals surface area contributed by atoms with E-state index in [0.717, 1.165) is 47.4 Å². The van der Waals surface area contributed by atoms with Crippen LogP contribution >= 0.6 is 11.8 Å². The van der Waals surface area contributed by atoms with Crippen LogP contribution in [-0.4, -0.2) is 23.6 Å². The summed E-state index contributed by atoms with van der Waals surface area (Å²) in [6.45, 7) is 3.10. The number of anilines is 1. The van der Waals surface area contributed by atoms with E-state index < -0.39 is 0 Å². The molecule has 21 heavy (non-hydrogen) atoms. The number of nitrogens with one attached hydrogen (secondary N) is 1. The molecule has 2 heterocycles. The van der Waals surface area contributed by atoms with Gasteiger partial charge in [0.1, 0.15) is 11.6 Å². The lowest BCUT2D eigenvalue weighted by atomic mass is 10.1. The second-order valence-corrected chi connectivity index (χ2v) is 5.95. The molecule has 1 N–H and O–H groups in total. The predicted octanol–water partition coefficient (Wildman–Crippen LogP) is 3.72. The van der Waals surface area contributed by atoms with E-state index in [-0.39, 0.29) is 0 Å². The fourth-order valence-corrected chi connectivity index (χ4v) is 3.35. The fourth-order valence-electron chi connectivity index (χ4n) is 2.31. The summed E-state index contributed by atoms with van der Waals surface area (Å²) in [5.74, 6) is 4.61. The molecule has 1 aromatic heterocycles. The third-order valence-corrected chi connectivity index (χ3v) is 4.44. The molecule has 2 aromatic rings. The van der Waals surface area contributed by atoms with Gasteiger partial charge in [0.15, 0.2) is 5.82 Å². The molecule has 1 aliphatic rings. The molecule has 0 saturated heterocycles. The van der Waals surface area contributed by atoms with E-state index in [1.807, 2.05) is 36.0 Å². The zero-order valence-corrected chi connectivity index (χ0v) is 13.2. The smallest absolute Gasteiger partial charge is 0.161 e. The predicted molar refractivity (Wildman–Crippen MR) is 87.8 cm³/mol. The molecule has 4 nitrogen and oxygen atoms in total. The molecule has 0 aliphatic carbocycles. The van der Waals surface area contributed by atoms with Crippen LogP contribution in [0.15, 0.2) is 24.3 Å². The van der Waals surface area contributed by atoms with Crippen molar-refractivity contribution in [2.45, 2.75) is 24.9 Å². The number of hydrogen-bond acceptors (Lipinski definition) is 5. The van der Waals surface area contributed by atoms with Gasteiger partial charge in [0.2, 0.25) is 0 Å². The minimum absolute atomic E-state index is 0.789. The number of nitrogens with zero attached hydrogens (tertiary/aromatic N) is 2. The molecule has 0 amide bonds. The van der Waals surface area contributed by atoms with Crippen molar-refractivity contribution in [3.05, 3.63) is 35.5 Å². The molecule has 0 spiro atoms. The fraction of sp³-hybridized carbons (Fsp3) is 0.375. The van der Waals surface area contributed by atoms with Gasteiger partial charge in [-0.15, -0.1) is 0 Å². The Morgan fingerprint density at radius 2 is 2.00 bits per heavy atom. The third-order valence-electron chi connectivity index (χ3n) is 3.47. The second kappa shape index (κ2) is 6.35. The Morgan fingerprint density at radius 3 is 2.71 bits per heavy atom. The van der Waals surface area contributed by atoms with E-state index in [0.29, 0.717) is 0 Å². The van der Waals surface area contributed by atoms with Gasteiger partial charge >= 0.3 is 0 Å². The summed E-state index contributed by atoms with van der Waals surface area (Å²) in [6.07, 6.45) is 1.09. The lowest BCUT2D eigenvalue weighted by Crippen LogP contribution is -2.08. The van der Waals surface area contributed by atoms with Gasteiger partial charge < -0.3 is 10.1 Å². The first kappa shape index (κ1) is 14.2. The Labute approximate surface area is 129 Å². The number of thioether (sulfide) groups is 1. The number of ether oxygens (including phenoxy) is 1. The number of benzene rings is 1. The number of hydrogen-bond donors (Lipinski definition) is 1. The molecular weight excluding hydrogens is 282 g/mol. The van der Waals surface area contributed by atoms with E-state index in [4.69, 9.17) is 14.7 Å². The lowest BCUT2D eigenvalue weighted by molar-refractivity contribution is 0.415. The summed E-state index contributed by atoms with van der Waals surface area (Å²) < 4.78 is 5.20. The summed E-state index contributed by atoms with van der Waals surface area (Å²) in [7, 11) is 1.67. The average molecular weight is 301 g/mol. The highest BCUT2D eigenvalue weighted by atomic mass is 32.2. The van der Waals surface area contributed by atoms with Crippen LogP contribution in [0.2, 0.25) is 0 Å². The van der Waals surface area contributed by atoms with Crippen LogP contribution in [0.3, 0.4) is 0 Å². The Hall–Kier alpha value is -1.75. The first-order chi connectivity index (χ1) is 10.3. The van der Waals surface area contributed by atoms with Crippen LogP contribution in [0.5, 0.6) is 5.75 Å². The maximum absolute atomic E-state index is 5.20. The molecule has 0 fully saturated rings. The van der Waals surface area contributed by atoms with E-state index in [1.54, 1.807) is 7.11 Å². The maximum Gasteiger partial charge on any atom is 0.161 e. The van der Waals surface area contributed by atoms with Gasteiger partial charge in [0.25, 0.3) is 0 Å². The van der Waals surface area contributed by atoms with Crippen molar-refractivity contribution >= 4 is 17.6 Å². The first-order valence-corrected chi connectivity index (χ1v) is 8.33. The zero-order valence-electron chi connectivity index (χ0n) is 12.3. The van der Waals surface area contributed by atoms with Gasteiger partial charge in [-0.3, -0.25) is 0 Å². The van der Waals surface area contributed by atoms with E-state index in [1.165, 1.54) is 11.3 Å². The van der Waals surface area contributed by atoms with E-state index >= 15 is 0 Å². The molecule has 0 atom stereocenters. The lowest BCUT2D eigenvalue weighted by Gasteiger charge is -2.11. The summed E-state index contributed by atoms with van der Waals surface area (Å²) in [5.41, 5.74) is 3.46. The van der Waals surface area contributed by atoms with Crippen molar-refractivity contribution in [3.8, 4) is 17.1 Å². The average Bonchev–Trinajstić information content (AvgIpc) is 3.01. The largest absolute Gasteiger partial charge is 0.497 e. The minimum atomic E-state index is 0.789. The molecule has 3 rings (SSSR count). The van der Waals surface area contributed by atoms with Gasteiger partial charge in [-0.1, -0.05) is 6.92 Å². The Kier molecular flexibility index (Phi) is 4.29. The van der Waals surface area contributed by atoms with Crippen molar-refractivity contribution in [2.75, 3.05) is 19.0 Å². The Morgan fingerprint density at radius 1 is 1.19 bits per heavy atom. The van der Waals surface area contributed by atoms with Crippen LogP contribution in [0, 0.1) is 0 Å². The molecule has 0 saturated carbocycles. The van der Waals surface area contributed by atoms with Gasteiger partial charge in [-0.05, 0) is 30.7 Å². The Bertz CT molecular complexity index is 628. The van der Waals surface area contributed by atoms with Crippen LogP contribution in [0.1, 0.15) is 24.6 Å². The van der Waals surface area contributed by atoms with Gasteiger partial charge in [-0.25, -0.2) is 9.97 Å². The van der Waals surface area contributed by atoms with Gasteiger partial charge in [0, 0.05) is 29.2 Å². The summed E-state index contributed by atoms with van der Waals surface area (Å²) in [4.78, 5) is 9.47. The van der Waals surface area contributed by atoms with Gasteiger partial charge in [0.05, 0.1) is 12.8 Å². The van der Waals surface area contributed by atoms with Crippen LogP contribution in [0.4, 0.5) is 5.82 Å². The van der Waals surface area contributed by atoms with Crippen molar-refractivity contribution in [3.63, 3.8) is 0 Å². The topological polar surface area (TPSA) is 47.0 Å². The quantitative estimate of drug-likeness (QED) is 0.912. The zero-order chi connectivity index (χ0) is 14.7. The Balaban J connectivity index is 1.97. The van der Waals surface area contributed by atoms with Crippen molar-refractivity contribution < 1.29 is 4.74 Å². The van der Waals surface area contributed by atoms with Crippen molar-refractivity contribution in [1.82, 2.24) is 9.97 Å². The number of rotatable bonds is 5. The molecule has 0 unspecified atom stereocenters. The van der Waals surface area contributed by atoms with Crippen LogP contribution < -0.4 is 10.1 Å². The van der Waals surface area contributed by atoms with E-state index in [9.17, 15) is 0 Å². The standard InChI is InChI=1S/C16H19N3OS/c1-3-8-17-16-13-9-21-10-14(13)18-15(19-16)11-4-6-12(20-2)7-5-11/h4-7H,3,8-10H2,1-2H3,(H,17,18,19). The summed E-state index contributed by atoms with van der Waals surface area (Å²) in [5, 5.41) is 3.44. The highest BCUT2D eigenvalue weighted by Gasteiger charge is 2.20. The molecule has 1 aliphatic heterocycles. The highest BCUT2D eigenvalue weighted by molar-refractivity contribution is 7.98. The molecule has 1 aromatic carbocycles. The molecule has 110 valence electrons. The summed E-state index contributed by atoms with van der Waals surface area (Å²) >= 11 is 1.90. The number of fused-ring (bicyclic) bond motifs is 1. The van der Waals surface area contributed by atoms with Crippen LogP contribution in [-0.2, 0) is 11.5 Å². The van der Waals surface area contributed by atoms with Crippen molar-refractivity contribution in [1.29, 1.82) is 0 Å². The molecule has 0 radical (unpaired) electrons. The summed E-state index contributed by atoms with van der Waals surface area (Å²) in [6, 6.07) is 7.90. The van der Waals surface area contributed by atoms with Crippen LogP contribution in [0.25, 0.3) is 11.4 Å². The minimum Gasteiger partial charge on any atom is -0.497 e. The molecule has 5 heteroatoms. The highest BCUT2D eigenvalue weighted by Crippen LogP contribution is 2.34. The first-order valence-electron chi connectivity index (χ1n) is 7.17. The van der Waals surface area contributed by atoms with Crippen molar-refractivity contribution in [2.24, 2.45) is 0 Å². The monoisotopic (exact) mass is 301 g/mol. The van der Waals surface area contributed by atoms with Gasteiger partial charge in [-0.2, -0.15) is 11.8 Å². The molecule has 0 bridgehead atoms. The van der Waals surface area contributed by atoms with E-state index in [2.05, 4.69) is 12.2 Å². The SMILES string of the molecule is CCCNc1nc(-c2ccc(OC)cc2)nc2c1CSC2. The molecular formula is C16H19N3OS.